The lowest BCUT2D eigenvalue weighted by molar-refractivity contribution is 0.371. The van der Waals surface area contributed by atoms with E-state index in [1.165, 1.54) is 20.2 Å². The van der Waals surface area contributed by atoms with Crippen LogP contribution >= 0.6 is 0 Å². The molecule has 18 heavy (non-hydrogen) atoms. The first-order valence-corrected chi connectivity index (χ1v) is 7.14. The summed E-state index contributed by atoms with van der Waals surface area (Å²) in [5.74, 6) is 0.620. The van der Waals surface area contributed by atoms with Gasteiger partial charge in [0.2, 0.25) is 5.09 Å². The summed E-state index contributed by atoms with van der Waals surface area (Å²) in [6.07, 6.45) is 0. The molecular weight excluding hydrogens is 254 g/mol. The largest absolute Gasteiger partial charge is 0.447 e. The van der Waals surface area contributed by atoms with Crippen LogP contribution in [-0.4, -0.2) is 58.9 Å². The molecule has 7 heteroatoms. The van der Waals surface area contributed by atoms with E-state index in [1.54, 1.807) is 6.07 Å². The quantitative estimate of drug-likeness (QED) is 0.719. The van der Waals surface area contributed by atoms with Gasteiger partial charge < -0.3 is 14.6 Å². The minimum absolute atomic E-state index is 0.0168. The van der Waals surface area contributed by atoms with Crippen LogP contribution < -0.4 is 5.32 Å². The highest BCUT2D eigenvalue weighted by Crippen LogP contribution is 2.16. The third-order valence-electron chi connectivity index (χ3n) is 2.41. The molecular formula is C11H21N3O3S. The first kappa shape index (κ1) is 15.2. The summed E-state index contributed by atoms with van der Waals surface area (Å²) >= 11 is 0. The highest BCUT2D eigenvalue weighted by atomic mass is 32.2. The molecule has 1 N–H and O–H groups in total. The Morgan fingerprint density at radius 2 is 1.89 bits per heavy atom. The van der Waals surface area contributed by atoms with Crippen LogP contribution in [0.4, 0.5) is 0 Å². The first-order chi connectivity index (χ1) is 8.34. The maximum absolute atomic E-state index is 11.8. The van der Waals surface area contributed by atoms with E-state index >= 15 is 0 Å². The van der Waals surface area contributed by atoms with Gasteiger partial charge in [-0.15, -0.1) is 0 Å². The molecule has 0 aliphatic carbocycles. The second kappa shape index (κ2) is 6.33. The molecule has 6 nitrogen and oxygen atoms in total. The van der Waals surface area contributed by atoms with Crippen molar-refractivity contribution in [2.75, 3.05) is 41.3 Å². The highest BCUT2D eigenvalue weighted by Gasteiger charge is 2.21. The molecule has 0 saturated carbocycles. The number of sulfonamides is 1. The standard InChI is InChI=1S/C11H21N3O3S/c1-13(2)8-7-12-9-10-5-6-11(17-10)18(15,16)14(3)4/h5-6,12H,7-9H2,1-4H3. The summed E-state index contributed by atoms with van der Waals surface area (Å²) in [5, 5.41) is 3.17. The molecule has 0 aliphatic heterocycles. The number of furan rings is 1. The van der Waals surface area contributed by atoms with Gasteiger partial charge in [0, 0.05) is 27.2 Å². The molecule has 1 rings (SSSR count). The normalized spacial score (nSPS) is 12.6. The topological polar surface area (TPSA) is 65.8 Å². The van der Waals surface area contributed by atoms with E-state index in [1.807, 2.05) is 14.1 Å². The number of hydrogen-bond acceptors (Lipinski definition) is 5. The molecule has 1 aromatic rings. The van der Waals surface area contributed by atoms with Crippen molar-refractivity contribution in [3.8, 4) is 0 Å². The number of hydrogen-bond donors (Lipinski definition) is 1. The van der Waals surface area contributed by atoms with Crippen LogP contribution in [0.2, 0.25) is 0 Å². The highest BCUT2D eigenvalue weighted by molar-refractivity contribution is 7.88. The van der Waals surface area contributed by atoms with E-state index in [2.05, 4.69) is 10.2 Å². The third-order valence-corrected chi connectivity index (χ3v) is 4.10. The lowest BCUT2D eigenvalue weighted by Gasteiger charge is -2.09. The predicted molar refractivity (Wildman–Crippen MR) is 69.8 cm³/mol. The van der Waals surface area contributed by atoms with Gasteiger partial charge in [-0.3, -0.25) is 0 Å². The van der Waals surface area contributed by atoms with E-state index in [9.17, 15) is 8.42 Å². The van der Waals surface area contributed by atoms with E-state index in [-0.39, 0.29) is 5.09 Å². The van der Waals surface area contributed by atoms with Crippen LogP contribution in [0.3, 0.4) is 0 Å². The van der Waals surface area contributed by atoms with Gasteiger partial charge >= 0.3 is 0 Å². The van der Waals surface area contributed by atoms with Crippen molar-refractivity contribution in [2.24, 2.45) is 0 Å². The molecule has 0 aromatic carbocycles. The number of nitrogens with zero attached hydrogens (tertiary/aromatic N) is 2. The van der Waals surface area contributed by atoms with Crippen LogP contribution in [0, 0.1) is 0 Å². The molecule has 0 spiro atoms. The summed E-state index contributed by atoms with van der Waals surface area (Å²) in [4.78, 5) is 2.07. The molecule has 1 heterocycles. The van der Waals surface area contributed by atoms with E-state index in [4.69, 9.17) is 4.42 Å². The summed E-state index contributed by atoms with van der Waals surface area (Å²) < 4.78 is 30.0. The number of rotatable bonds is 7. The van der Waals surface area contributed by atoms with Gasteiger partial charge in [-0.2, -0.15) is 0 Å². The first-order valence-electron chi connectivity index (χ1n) is 5.70. The van der Waals surface area contributed by atoms with Gasteiger partial charge in [0.05, 0.1) is 6.54 Å². The Balaban J connectivity index is 2.54. The zero-order valence-corrected chi connectivity index (χ0v) is 12.1. The molecule has 0 radical (unpaired) electrons. The second-order valence-electron chi connectivity index (χ2n) is 4.49. The van der Waals surface area contributed by atoms with E-state index in [0.29, 0.717) is 12.3 Å². The molecule has 104 valence electrons. The zero-order chi connectivity index (χ0) is 13.8. The molecule has 0 fully saturated rings. The van der Waals surface area contributed by atoms with Crippen molar-refractivity contribution in [3.05, 3.63) is 17.9 Å². The fourth-order valence-electron chi connectivity index (χ4n) is 1.29. The molecule has 0 bridgehead atoms. The van der Waals surface area contributed by atoms with Gasteiger partial charge in [0.25, 0.3) is 10.0 Å². The maximum atomic E-state index is 11.8. The van der Waals surface area contributed by atoms with Gasteiger partial charge in [0.1, 0.15) is 5.76 Å². The fraction of sp³-hybridized carbons (Fsp3) is 0.636. The Hall–Kier alpha value is -0.890. The summed E-state index contributed by atoms with van der Waals surface area (Å²) in [6, 6.07) is 3.16. The SMILES string of the molecule is CN(C)CCNCc1ccc(S(=O)(=O)N(C)C)o1. The Morgan fingerprint density at radius 3 is 2.44 bits per heavy atom. The third kappa shape index (κ3) is 4.09. The Bertz CT molecular complexity index is 466. The molecule has 0 saturated heterocycles. The smallest absolute Gasteiger partial charge is 0.275 e. The lowest BCUT2D eigenvalue weighted by Crippen LogP contribution is -2.26. The monoisotopic (exact) mass is 275 g/mol. The predicted octanol–water partition coefficient (Wildman–Crippen LogP) is 0.181. The molecule has 1 aromatic heterocycles. The molecule has 0 atom stereocenters. The van der Waals surface area contributed by atoms with Crippen molar-refractivity contribution < 1.29 is 12.8 Å². The summed E-state index contributed by atoms with van der Waals surface area (Å²) in [6.45, 7) is 2.27. The van der Waals surface area contributed by atoms with Crippen molar-refractivity contribution in [1.82, 2.24) is 14.5 Å². The summed E-state index contributed by atoms with van der Waals surface area (Å²) in [5.41, 5.74) is 0. The van der Waals surface area contributed by atoms with Gasteiger partial charge in [-0.1, -0.05) is 0 Å². The van der Waals surface area contributed by atoms with Crippen molar-refractivity contribution in [3.63, 3.8) is 0 Å². The lowest BCUT2D eigenvalue weighted by atomic mass is 10.4. The molecule has 0 aliphatic rings. The van der Waals surface area contributed by atoms with Crippen LogP contribution in [0.15, 0.2) is 21.6 Å². The Morgan fingerprint density at radius 1 is 1.22 bits per heavy atom. The number of nitrogens with one attached hydrogen (secondary N) is 1. The average Bonchev–Trinajstić information content (AvgIpc) is 2.73. The maximum Gasteiger partial charge on any atom is 0.275 e. The average molecular weight is 275 g/mol. The van der Waals surface area contributed by atoms with Gasteiger partial charge in [-0.25, -0.2) is 12.7 Å². The number of likely N-dealkylation sites (N-methyl/N-ethyl adjacent to an activating group) is 1. The fourth-order valence-corrected chi connectivity index (χ4v) is 2.10. The molecule has 0 amide bonds. The van der Waals surface area contributed by atoms with E-state index in [0.717, 1.165) is 17.4 Å². The van der Waals surface area contributed by atoms with Crippen molar-refractivity contribution >= 4 is 10.0 Å². The molecule has 0 unspecified atom stereocenters. The van der Waals surface area contributed by atoms with Crippen LogP contribution in [0.5, 0.6) is 0 Å². The van der Waals surface area contributed by atoms with E-state index < -0.39 is 10.0 Å². The van der Waals surface area contributed by atoms with Crippen LogP contribution in [-0.2, 0) is 16.6 Å². The Labute approximate surface area is 109 Å². The zero-order valence-electron chi connectivity index (χ0n) is 11.3. The van der Waals surface area contributed by atoms with Gasteiger partial charge in [0.15, 0.2) is 0 Å². The van der Waals surface area contributed by atoms with Crippen molar-refractivity contribution in [2.45, 2.75) is 11.6 Å². The van der Waals surface area contributed by atoms with Gasteiger partial charge in [-0.05, 0) is 26.2 Å². The van der Waals surface area contributed by atoms with Crippen molar-refractivity contribution in [1.29, 1.82) is 0 Å². The summed E-state index contributed by atoms with van der Waals surface area (Å²) in [7, 11) is 3.48. The minimum Gasteiger partial charge on any atom is -0.447 e. The van der Waals surface area contributed by atoms with Crippen LogP contribution in [0.1, 0.15) is 5.76 Å². The second-order valence-corrected chi connectivity index (χ2v) is 6.57. The minimum atomic E-state index is -3.47. The van der Waals surface area contributed by atoms with Crippen LogP contribution in [0.25, 0.3) is 0 Å². The Kier molecular flexibility index (Phi) is 5.33.